The van der Waals surface area contributed by atoms with E-state index in [0.29, 0.717) is 17.5 Å². The Morgan fingerprint density at radius 3 is 2.72 bits per heavy atom. The number of furan rings is 1. The van der Waals surface area contributed by atoms with Gasteiger partial charge in [0.15, 0.2) is 5.76 Å². The van der Waals surface area contributed by atoms with Gasteiger partial charge in [0.05, 0.1) is 12.8 Å². The first-order chi connectivity index (χ1) is 8.92. The Balaban J connectivity index is 1.66. The summed E-state index contributed by atoms with van der Waals surface area (Å²) in [5.41, 5.74) is 0. The van der Waals surface area contributed by atoms with Crippen LogP contribution in [0.4, 0.5) is 0 Å². The Morgan fingerprint density at radius 2 is 2.00 bits per heavy atom. The van der Waals surface area contributed by atoms with Crippen molar-refractivity contribution in [1.29, 1.82) is 0 Å². The molecule has 0 aromatic carbocycles. The molecule has 0 atom stereocenters. The van der Waals surface area contributed by atoms with E-state index in [0.717, 1.165) is 19.6 Å². The molecule has 3 heterocycles. The van der Waals surface area contributed by atoms with Crippen LogP contribution in [0.5, 0.6) is 0 Å². The van der Waals surface area contributed by atoms with Crippen LogP contribution in [0, 0.1) is 0 Å². The van der Waals surface area contributed by atoms with Crippen LogP contribution in [-0.4, -0.2) is 28.1 Å². The summed E-state index contributed by atoms with van der Waals surface area (Å²) in [6.45, 7) is 2.99. The molecule has 0 aliphatic carbocycles. The Kier molecular flexibility index (Phi) is 3.41. The summed E-state index contributed by atoms with van der Waals surface area (Å²) >= 11 is 0. The van der Waals surface area contributed by atoms with Gasteiger partial charge in [-0.2, -0.15) is 4.98 Å². The highest BCUT2D eigenvalue weighted by Crippen LogP contribution is 2.17. The molecule has 0 radical (unpaired) electrons. The normalized spacial score (nSPS) is 17.8. The molecule has 2 aromatic heterocycles. The molecule has 18 heavy (non-hydrogen) atoms. The van der Waals surface area contributed by atoms with Gasteiger partial charge in [-0.1, -0.05) is 18.0 Å². The maximum atomic E-state index is 5.27. The number of likely N-dealkylation sites (tertiary alicyclic amines) is 1. The Morgan fingerprint density at radius 1 is 1.17 bits per heavy atom. The zero-order valence-corrected chi connectivity index (χ0v) is 10.3. The van der Waals surface area contributed by atoms with Gasteiger partial charge in [-0.15, -0.1) is 0 Å². The van der Waals surface area contributed by atoms with Crippen molar-refractivity contribution in [2.45, 2.75) is 32.2 Å². The molecule has 0 spiro atoms. The van der Waals surface area contributed by atoms with Gasteiger partial charge in [-0.25, -0.2) is 0 Å². The predicted octanol–water partition coefficient (Wildman–Crippen LogP) is 2.71. The monoisotopic (exact) mass is 247 g/mol. The number of aromatic nitrogens is 2. The highest BCUT2D eigenvalue weighted by Gasteiger charge is 2.15. The Hall–Kier alpha value is -1.62. The number of hydrogen-bond donors (Lipinski definition) is 0. The molecule has 1 saturated heterocycles. The summed E-state index contributed by atoms with van der Waals surface area (Å²) < 4.78 is 10.5. The molecule has 0 saturated carbocycles. The summed E-state index contributed by atoms with van der Waals surface area (Å²) in [5, 5.41) is 3.94. The average molecular weight is 247 g/mol. The van der Waals surface area contributed by atoms with E-state index in [4.69, 9.17) is 8.94 Å². The molecule has 0 N–H and O–H groups in total. The van der Waals surface area contributed by atoms with Gasteiger partial charge in [-0.05, 0) is 38.1 Å². The van der Waals surface area contributed by atoms with Crippen molar-refractivity contribution >= 4 is 0 Å². The van der Waals surface area contributed by atoms with Gasteiger partial charge in [0.1, 0.15) is 0 Å². The van der Waals surface area contributed by atoms with Crippen LogP contribution in [0.2, 0.25) is 0 Å². The molecule has 1 aliphatic rings. The van der Waals surface area contributed by atoms with E-state index in [-0.39, 0.29) is 0 Å². The Labute approximate surface area is 106 Å². The van der Waals surface area contributed by atoms with Gasteiger partial charge in [0.25, 0.3) is 0 Å². The molecule has 0 amide bonds. The summed E-state index contributed by atoms with van der Waals surface area (Å²) in [6.07, 6.45) is 6.80. The van der Waals surface area contributed by atoms with Crippen LogP contribution in [0.1, 0.15) is 31.6 Å². The van der Waals surface area contributed by atoms with Crippen LogP contribution >= 0.6 is 0 Å². The maximum Gasteiger partial charge on any atom is 0.241 e. The molecule has 5 heteroatoms. The standard InChI is InChI=1S/C13H17N3O2/c1-2-4-8-16(7-3-1)10-12-14-13(15-18-12)11-6-5-9-17-11/h5-6,9H,1-4,7-8,10H2. The van der Waals surface area contributed by atoms with Crippen LogP contribution in [0.15, 0.2) is 27.3 Å². The van der Waals surface area contributed by atoms with E-state index in [1.807, 2.05) is 12.1 Å². The molecule has 96 valence electrons. The fourth-order valence-corrected chi connectivity index (χ4v) is 2.31. The number of nitrogens with zero attached hydrogens (tertiary/aromatic N) is 3. The zero-order chi connectivity index (χ0) is 12.2. The minimum absolute atomic E-state index is 0.532. The second kappa shape index (κ2) is 5.35. The van der Waals surface area contributed by atoms with Crippen LogP contribution in [0.25, 0.3) is 11.6 Å². The van der Waals surface area contributed by atoms with Gasteiger partial charge in [-0.3, -0.25) is 4.90 Å². The first kappa shape index (κ1) is 11.5. The van der Waals surface area contributed by atoms with Crippen molar-refractivity contribution in [3.8, 4) is 11.6 Å². The van der Waals surface area contributed by atoms with Gasteiger partial charge in [0, 0.05) is 0 Å². The van der Waals surface area contributed by atoms with E-state index in [1.165, 1.54) is 25.7 Å². The summed E-state index contributed by atoms with van der Waals surface area (Å²) in [6, 6.07) is 3.65. The minimum Gasteiger partial charge on any atom is -0.461 e. The van der Waals surface area contributed by atoms with Gasteiger partial charge in [0.2, 0.25) is 11.7 Å². The quantitative estimate of drug-likeness (QED) is 0.834. The van der Waals surface area contributed by atoms with Crippen LogP contribution < -0.4 is 0 Å². The third kappa shape index (κ3) is 2.61. The third-order valence-corrected chi connectivity index (χ3v) is 3.27. The molecule has 1 fully saturated rings. The lowest BCUT2D eigenvalue weighted by atomic mass is 10.2. The topological polar surface area (TPSA) is 55.3 Å². The zero-order valence-electron chi connectivity index (χ0n) is 10.3. The SMILES string of the molecule is c1coc(-c2noc(CN3CCCCCC3)n2)c1. The largest absolute Gasteiger partial charge is 0.461 e. The third-order valence-electron chi connectivity index (χ3n) is 3.27. The van der Waals surface area contributed by atoms with E-state index in [9.17, 15) is 0 Å². The molecular weight excluding hydrogens is 230 g/mol. The van der Waals surface area contributed by atoms with Crippen molar-refractivity contribution < 1.29 is 8.94 Å². The van der Waals surface area contributed by atoms with Crippen molar-refractivity contribution in [2.75, 3.05) is 13.1 Å². The first-order valence-corrected chi connectivity index (χ1v) is 6.50. The second-order valence-electron chi connectivity index (χ2n) is 4.68. The van der Waals surface area contributed by atoms with E-state index in [1.54, 1.807) is 6.26 Å². The summed E-state index contributed by atoms with van der Waals surface area (Å²) in [7, 11) is 0. The summed E-state index contributed by atoms with van der Waals surface area (Å²) in [4.78, 5) is 6.75. The lowest BCUT2D eigenvalue weighted by Gasteiger charge is -2.16. The molecule has 2 aromatic rings. The molecule has 1 aliphatic heterocycles. The van der Waals surface area contributed by atoms with E-state index >= 15 is 0 Å². The lowest BCUT2D eigenvalue weighted by Crippen LogP contribution is -2.24. The van der Waals surface area contributed by atoms with E-state index < -0.39 is 0 Å². The predicted molar refractivity (Wildman–Crippen MR) is 65.7 cm³/mol. The van der Waals surface area contributed by atoms with Crippen LogP contribution in [0.3, 0.4) is 0 Å². The summed E-state index contributed by atoms with van der Waals surface area (Å²) in [5.74, 6) is 1.86. The smallest absolute Gasteiger partial charge is 0.241 e. The van der Waals surface area contributed by atoms with E-state index in [2.05, 4.69) is 15.0 Å². The van der Waals surface area contributed by atoms with Gasteiger partial charge < -0.3 is 8.94 Å². The van der Waals surface area contributed by atoms with Gasteiger partial charge >= 0.3 is 0 Å². The molecule has 5 nitrogen and oxygen atoms in total. The maximum absolute atomic E-state index is 5.27. The molecular formula is C13H17N3O2. The fourth-order valence-electron chi connectivity index (χ4n) is 2.31. The molecule has 0 bridgehead atoms. The first-order valence-electron chi connectivity index (χ1n) is 6.50. The second-order valence-corrected chi connectivity index (χ2v) is 4.68. The molecule has 3 rings (SSSR count). The minimum atomic E-state index is 0.532. The van der Waals surface area contributed by atoms with Crippen molar-refractivity contribution in [1.82, 2.24) is 15.0 Å². The lowest BCUT2D eigenvalue weighted by molar-refractivity contribution is 0.234. The van der Waals surface area contributed by atoms with Crippen molar-refractivity contribution in [3.63, 3.8) is 0 Å². The van der Waals surface area contributed by atoms with Crippen LogP contribution in [-0.2, 0) is 6.54 Å². The van der Waals surface area contributed by atoms with Crippen molar-refractivity contribution in [3.05, 3.63) is 24.3 Å². The fraction of sp³-hybridized carbons (Fsp3) is 0.538. The Bertz CT molecular complexity index is 470. The number of hydrogen-bond acceptors (Lipinski definition) is 5. The highest BCUT2D eigenvalue weighted by atomic mass is 16.5. The number of rotatable bonds is 3. The highest BCUT2D eigenvalue weighted by molar-refractivity contribution is 5.44. The van der Waals surface area contributed by atoms with Crippen molar-refractivity contribution in [2.24, 2.45) is 0 Å². The molecule has 0 unspecified atom stereocenters. The average Bonchev–Trinajstić information content (AvgIpc) is 2.98.